The molecule has 2 aromatic heterocycles. The van der Waals surface area contributed by atoms with Crippen LogP contribution in [-0.2, 0) is 4.79 Å². The number of carbonyl (C=O) groups excluding carboxylic acids is 1. The predicted molar refractivity (Wildman–Crippen MR) is 117 cm³/mol. The van der Waals surface area contributed by atoms with Crippen molar-refractivity contribution in [2.75, 3.05) is 11.6 Å². The van der Waals surface area contributed by atoms with Gasteiger partial charge in [-0.05, 0) is 70.8 Å². The van der Waals surface area contributed by atoms with Gasteiger partial charge in [-0.15, -0.1) is 15.3 Å². The Balaban J connectivity index is 1.52. The van der Waals surface area contributed by atoms with E-state index in [0.29, 0.717) is 28.1 Å². The summed E-state index contributed by atoms with van der Waals surface area (Å²) in [5.74, 6) is 0.176. The molecular weight excluding hydrogens is 438 g/mol. The molecule has 0 bridgehead atoms. The van der Waals surface area contributed by atoms with E-state index in [1.54, 1.807) is 41.1 Å². The number of tetrazole rings is 2. The Morgan fingerprint density at radius 2 is 1.97 bits per heavy atom. The lowest BCUT2D eigenvalue weighted by Gasteiger charge is -2.14. The highest BCUT2D eigenvalue weighted by atomic mass is 35.5. The Morgan fingerprint density at radius 3 is 2.71 bits per heavy atom. The lowest BCUT2D eigenvalue weighted by molar-refractivity contribution is -0.119. The Labute approximate surface area is 187 Å². The van der Waals surface area contributed by atoms with Gasteiger partial charge in [0.2, 0.25) is 11.0 Å². The number of nitrogens with one attached hydrogen (secondary N) is 1. The molecule has 2 aromatic carbocycles. The Hall–Kier alpha value is -3.31. The van der Waals surface area contributed by atoms with Gasteiger partial charge >= 0.3 is 0 Å². The van der Waals surface area contributed by atoms with Gasteiger partial charge in [-0.2, -0.15) is 9.48 Å². The standard InChI is InChI=1S/C19H18ClN9OS/c1-3-16(29-24-17(22-26-29)12-7-9-13(20)10-8-12)18(30)21-14-5-4-6-15(11-14)28-19(31-2)23-25-27-28/h4-11,16H,3H2,1-2H3,(H,21,30). The third kappa shape index (κ3) is 4.57. The smallest absolute Gasteiger partial charge is 0.251 e. The fraction of sp³-hybridized carbons (Fsp3) is 0.211. The summed E-state index contributed by atoms with van der Waals surface area (Å²) in [6.07, 6.45) is 2.38. The van der Waals surface area contributed by atoms with Crippen LogP contribution in [0.1, 0.15) is 19.4 Å². The van der Waals surface area contributed by atoms with Crippen LogP contribution in [0.4, 0.5) is 5.69 Å². The number of benzene rings is 2. The number of hydrogen-bond donors (Lipinski definition) is 1. The van der Waals surface area contributed by atoms with Crippen molar-refractivity contribution in [2.45, 2.75) is 24.5 Å². The van der Waals surface area contributed by atoms with Crippen LogP contribution in [0.25, 0.3) is 17.1 Å². The van der Waals surface area contributed by atoms with Crippen LogP contribution in [0.5, 0.6) is 0 Å². The van der Waals surface area contributed by atoms with Crippen molar-refractivity contribution in [3.8, 4) is 17.1 Å². The zero-order valence-corrected chi connectivity index (χ0v) is 18.2. The molecular formula is C19H18ClN9OS. The first-order chi connectivity index (χ1) is 15.1. The molecule has 0 radical (unpaired) electrons. The van der Waals surface area contributed by atoms with Crippen molar-refractivity contribution in [3.05, 3.63) is 53.6 Å². The van der Waals surface area contributed by atoms with E-state index >= 15 is 0 Å². The largest absolute Gasteiger partial charge is 0.324 e. The van der Waals surface area contributed by atoms with E-state index in [0.717, 1.165) is 11.3 Å². The number of rotatable bonds is 7. The average Bonchev–Trinajstić information content (AvgIpc) is 3.45. The summed E-state index contributed by atoms with van der Waals surface area (Å²) in [5.41, 5.74) is 2.12. The molecule has 0 fully saturated rings. The number of carbonyl (C=O) groups is 1. The number of anilines is 1. The molecule has 1 N–H and O–H groups in total. The SMILES string of the molecule is CCC(C(=O)Nc1cccc(-n2nnnc2SC)c1)n1nnc(-c2ccc(Cl)cc2)n1. The van der Waals surface area contributed by atoms with Gasteiger partial charge in [0.05, 0.1) is 5.69 Å². The van der Waals surface area contributed by atoms with Crippen LogP contribution in [0, 0.1) is 0 Å². The van der Waals surface area contributed by atoms with Gasteiger partial charge in [0.25, 0.3) is 5.91 Å². The molecule has 0 aliphatic carbocycles. The summed E-state index contributed by atoms with van der Waals surface area (Å²) in [6, 6.07) is 13.8. The second-order valence-corrected chi connectivity index (χ2v) is 7.69. The molecule has 0 aliphatic rings. The minimum atomic E-state index is -0.619. The van der Waals surface area contributed by atoms with Gasteiger partial charge in [0, 0.05) is 16.3 Å². The molecule has 10 nitrogen and oxygen atoms in total. The number of thioether (sulfide) groups is 1. The van der Waals surface area contributed by atoms with E-state index in [4.69, 9.17) is 11.6 Å². The fourth-order valence-corrected chi connectivity index (χ4v) is 3.49. The normalized spacial score (nSPS) is 12.0. The molecule has 1 unspecified atom stereocenters. The van der Waals surface area contributed by atoms with E-state index in [1.165, 1.54) is 16.6 Å². The van der Waals surface area contributed by atoms with E-state index in [-0.39, 0.29) is 5.91 Å². The lowest BCUT2D eigenvalue weighted by Crippen LogP contribution is -2.27. The Bertz CT molecular complexity index is 1190. The summed E-state index contributed by atoms with van der Waals surface area (Å²) in [4.78, 5) is 14.3. The van der Waals surface area contributed by atoms with Crippen LogP contribution in [-0.4, -0.2) is 52.6 Å². The molecule has 158 valence electrons. The van der Waals surface area contributed by atoms with E-state index in [2.05, 4.69) is 36.3 Å². The molecule has 31 heavy (non-hydrogen) atoms. The first-order valence-corrected chi connectivity index (χ1v) is 11.0. The third-order valence-electron chi connectivity index (χ3n) is 4.48. The zero-order chi connectivity index (χ0) is 21.8. The molecule has 1 atom stereocenters. The van der Waals surface area contributed by atoms with Crippen molar-refractivity contribution in [1.82, 2.24) is 40.4 Å². The summed E-state index contributed by atoms with van der Waals surface area (Å²) < 4.78 is 1.61. The lowest BCUT2D eigenvalue weighted by atomic mass is 10.2. The number of halogens is 1. The second kappa shape index (κ2) is 9.23. The van der Waals surface area contributed by atoms with Crippen LogP contribution >= 0.6 is 23.4 Å². The first kappa shape index (κ1) is 20.9. The highest BCUT2D eigenvalue weighted by Gasteiger charge is 2.22. The van der Waals surface area contributed by atoms with Gasteiger partial charge < -0.3 is 5.32 Å². The molecule has 0 spiro atoms. The van der Waals surface area contributed by atoms with E-state index in [1.807, 2.05) is 25.3 Å². The molecule has 4 rings (SSSR count). The quantitative estimate of drug-likeness (QED) is 0.422. The van der Waals surface area contributed by atoms with Crippen LogP contribution in [0.15, 0.2) is 53.7 Å². The van der Waals surface area contributed by atoms with Crippen LogP contribution in [0.2, 0.25) is 5.02 Å². The van der Waals surface area contributed by atoms with Gasteiger partial charge in [-0.25, -0.2) is 0 Å². The Morgan fingerprint density at radius 1 is 1.16 bits per heavy atom. The zero-order valence-electron chi connectivity index (χ0n) is 16.7. The van der Waals surface area contributed by atoms with Crippen molar-refractivity contribution in [3.63, 3.8) is 0 Å². The molecule has 0 aliphatic heterocycles. The maximum Gasteiger partial charge on any atom is 0.251 e. The molecule has 2 heterocycles. The van der Waals surface area contributed by atoms with Gasteiger partial charge in [0.1, 0.15) is 0 Å². The van der Waals surface area contributed by atoms with Crippen molar-refractivity contribution in [2.24, 2.45) is 0 Å². The summed E-state index contributed by atoms with van der Waals surface area (Å²) in [6.45, 7) is 1.89. The minimum absolute atomic E-state index is 0.249. The highest BCUT2D eigenvalue weighted by molar-refractivity contribution is 7.98. The molecule has 12 heteroatoms. The average molecular weight is 456 g/mol. The van der Waals surface area contributed by atoms with Gasteiger partial charge in [-0.3, -0.25) is 4.79 Å². The molecule has 4 aromatic rings. The monoisotopic (exact) mass is 455 g/mol. The topological polar surface area (TPSA) is 116 Å². The number of aromatic nitrogens is 8. The van der Waals surface area contributed by atoms with Crippen molar-refractivity contribution in [1.29, 1.82) is 0 Å². The highest BCUT2D eigenvalue weighted by Crippen LogP contribution is 2.21. The Kier molecular flexibility index (Phi) is 6.23. The minimum Gasteiger partial charge on any atom is -0.324 e. The number of amides is 1. The number of nitrogens with zero attached hydrogens (tertiary/aromatic N) is 8. The molecule has 1 amide bonds. The molecule has 0 saturated carbocycles. The summed E-state index contributed by atoms with van der Waals surface area (Å²) in [7, 11) is 0. The summed E-state index contributed by atoms with van der Waals surface area (Å²) >= 11 is 7.36. The van der Waals surface area contributed by atoms with Crippen LogP contribution in [0.3, 0.4) is 0 Å². The third-order valence-corrected chi connectivity index (χ3v) is 5.35. The van der Waals surface area contributed by atoms with Crippen molar-refractivity contribution >= 4 is 35.0 Å². The van der Waals surface area contributed by atoms with E-state index in [9.17, 15) is 4.79 Å². The van der Waals surface area contributed by atoms with Crippen molar-refractivity contribution < 1.29 is 4.79 Å². The van der Waals surface area contributed by atoms with Gasteiger partial charge in [-0.1, -0.05) is 36.4 Å². The van der Waals surface area contributed by atoms with Crippen LogP contribution < -0.4 is 5.32 Å². The van der Waals surface area contributed by atoms with E-state index < -0.39 is 6.04 Å². The summed E-state index contributed by atoms with van der Waals surface area (Å²) in [5, 5.41) is 28.4. The van der Waals surface area contributed by atoms with Gasteiger partial charge in [0.15, 0.2) is 6.04 Å². The predicted octanol–water partition coefficient (Wildman–Crippen LogP) is 3.28. The maximum atomic E-state index is 12.9. The number of hydrogen-bond acceptors (Lipinski definition) is 8. The second-order valence-electron chi connectivity index (χ2n) is 6.48. The maximum absolute atomic E-state index is 12.9. The molecule has 0 saturated heterocycles. The fourth-order valence-electron chi connectivity index (χ4n) is 2.93. The first-order valence-electron chi connectivity index (χ1n) is 9.38.